The first kappa shape index (κ1) is 21.3. The summed E-state index contributed by atoms with van der Waals surface area (Å²) in [6.07, 6.45) is 0. The molecule has 0 saturated carbocycles. The Kier molecular flexibility index (Phi) is 6.06. The summed E-state index contributed by atoms with van der Waals surface area (Å²) in [5.74, 6) is 6.24. The molecule has 0 amide bonds. The van der Waals surface area contributed by atoms with Crippen LogP contribution in [-0.2, 0) is 23.6 Å². The van der Waals surface area contributed by atoms with Gasteiger partial charge in [-0.1, -0.05) is 18.1 Å². The zero-order valence-electron chi connectivity index (χ0n) is 16.5. The highest BCUT2D eigenvalue weighted by molar-refractivity contribution is 7.89. The number of imidazole rings is 1. The fourth-order valence-corrected chi connectivity index (χ4v) is 3.53. The van der Waals surface area contributed by atoms with E-state index in [0.717, 1.165) is 0 Å². The second kappa shape index (κ2) is 8.54. The van der Waals surface area contributed by atoms with Crippen molar-refractivity contribution in [3.05, 3.63) is 34.6 Å². The Morgan fingerprint density at radius 1 is 1.20 bits per heavy atom. The number of para-hydroxylation sites is 1. The molecule has 2 heterocycles. The summed E-state index contributed by atoms with van der Waals surface area (Å²) in [5.41, 5.74) is 5.83. The third-order valence-corrected chi connectivity index (χ3v) is 5.24. The Morgan fingerprint density at radius 2 is 1.90 bits per heavy atom. The minimum absolute atomic E-state index is 0.111. The van der Waals surface area contributed by atoms with Crippen LogP contribution in [0.5, 0.6) is 0 Å². The third kappa shape index (κ3) is 4.13. The Hall–Kier alpha value is -3.40. The molecule has 0 atom stereocenters. The van der Waals surface area contributed by atoms with Crippen molar-refractivity contribution >= 4 is 38.8 Å². The van der Waals surface area contributed by atoms with Crippen LogP contribution in [-0.4, -0.2) is 40.6 Å². The van der Waals surface area contributed by atoms with Crippen molar-refractivity contribution in [3.63, 3.8) is 0 Å². The molecule has 0 aliphatic heterocycles. The average Bonchev–Trinajstić information content (AvgIpc) is 3.05. The van der Waals surface area contributed by atoms with Crippen LogP contribution in [0.1, 0.15) is 6.92 Å². The van der Waals surface area contributed by atoms with Crippen LogP contribution in [0, 0.1) is 11.8 Å². The highest BCUT2D eigenvalue weighted by Crippen LogP contribution is 2.24. The van der Waals surface area contributed by atoms with Crippen LogP contribution in [0.4, 0.5) is 17.6 Å². The highest BCUT2D eigenvalue weighted by Gasteiger charge is 2.20. The lowest BCUT2D eigenvalue weighted by Gasteiger charge is -2.13. The number of aromatic nitrogens is 4. The van der Waals surface area contributed by atoms with Crippen LogP contribution in [0.2, 0.25) is 0 Å². The van der Waals surface area contributed by atoms with Crippen LogP contribution in [0.3, 0.4) is 0 Å². The summed E-state index contributed by atoms with van der Waals surface area (Å²) >= 11 is 0. The molecule has 30 heavy (non-hydrogen) atoms. The third-order valence-electron chi connectivity index (χ3n) is 4.27. The van der Waals surface area contributed by atoms with Crippen molar-refractivity contribution in [2.24, 2.45) is 17.9 Å². The summed E-state index contributed by atoms with van der Waals surface area (Å²) in [6.45, 7) is 2.78. The molecule has 3 rings (SSSR count). The summed E-state index contributed by atoms with van der Waals surface area (Å²) in [7, 11) is -2.46. The number of hydrogen-bond donors (Lipinski definition) is 4. The van der Waals surface area contributed by atoms with Crippen molar-refractivity contribution in [2.45, 2.75) is 18.4 Å². The Balaban J connectivity index is 2.16. The Labute approximate surface area is 173 Å². The van der Waals surface area contributed by atoms with E-state index in [1.807, 2.05) is 0 Å². The van der Waals surface area contributed by atoms with Gasteiger partial charge in [-0.05, 0) is 19.1 Å². The SMILES string of the molecule is CC#CCn1c(NCCN)nc2nc(Nc3ccccc3S(N)(=O)=O)n(C)c(=O)c21. The van der Waals surface area contributed by atoms with Crippen molar-refractivity contribution < 1.29 is 8.42 Å². The summed E-state index contributed by atoms with van der Waals surface area (Å²) in [6, 6.07) is 6.08. The van der Waals surface area contributed by atoms with Crippen molar-refractivity contribution in [3.8, 4) is 11.8 Å². The van der Waals surface area contributed by atoms with E-state index < -0.39 is 10.0 Å². The molecule has 0 aliphatic rings. The lowest BCUT2D eigenvalue weighted by atomic mass is 10.3. The van der Waals surface area contributed by atoms with Gasteiger partial charge >= 0.3 is 0 Å². The molecule has 11 nitrogen and oxygen atoms in total. The van der Waals surface area contributed by atoms with E-state index in [0.29, 0.717) is 19.0 Å². The molecule has 0 fully saturated rings. The van der Waals surface area contributed by atoms with Gasteiger partial charge in [0.1, 0.15) is 4.90 Å². The van der Waals surface area contributed by atoms with E-state index in [4.69, 9.17) is 10.9 Å². The van der Waals surface area contributed by atoms with E-state index in [9.17, 15) is 13.2 Å². The van der Waals surface area contributed by atoms with Gasteiger partial charge in [0, 0.05) is 20.1 Å². The number of anilines is 3. The minimum Gasteiger partial charge on any atom is -0.354 e. The van der Waals surface area contributed by atoms with Crippen LogP contribution < -0.4 is 27.1 Å². The number of primary sulfonamides is 1. The molecule has 158 valence electrons. The molecule has 1 aromatic carbocycles. The fraction of sp³-hybridized carbons (Fsp3) is 0.278. The Morgan fingerprint density at radius 3 is 2.57 bits per heavy atom. The van der Waals surface area contributed by atoms with Crippen molar-refractivity contribution in [1.82, 2.24) is 19.1 Å². The molecular weight excluding hydrogens is 408 g/mol. The standard InChI is InChI=1S/C18H22N8O3S/c1-3-4-11-26-14-15(23-17(26)21-10-9-19)24-18(25(2)16(14)27)22-12-7-5-6-8-13(12)30(20,28)29/h5-8H,9-11,19H2,1-2H3,(H,21,23)(H,22,24)(H2,20,28,29). The summed E-state index contributed by atoms with van der Waals surface area (Å²) in [4.78, 5) is 21.8. The predicted octanol–water partition coefficient (Wildman–Crippen LogP) is -0.0851. The summed E-state index contributed by atoms with van der Waals surface area (Å²) < 4.78 is 26.6. The second-order valence-corrected chi connectivity index (χ2v) is 7.83. The number of nitrogens with one attached hydrogen (secondary N) is 2. The number of fused-ring (bicyclic) bond motifs is 1. The van der Waals surface area contributed by atoms with Gasteiger partial charge in [-0.3, -0.25) is 13.9 Å². The molecule has 2 aromatic heterocycles. The molecule has 0 aliphatic carbocycles. The van der Waals surface area contributed by atoms with Gasteiger partial charge in [0.2, 0.25) is 21.9 Å². The van der Waals surface area contributed by atoms with E-state index in [1.165, 1.54) is 23.7 Å². The molecule has 6 N–H and O–H groups in total. The number of rotatable bonds is 7. The average molecular weight is 430 g/mol. The molecular formula is C18H22N8O3S. The molecule has 0 saturated heterocycles. The van der Waals surface area contributed by atoms with E-state index in [2.05, 4.69) is 32.4 Å². The maximum atomic E-state index is 13.1. The normalized spacial score (nSPS) is 11.2. The highest BCUT2D eigenvalue weighted by atomic mass is 32.2. The molecule has 0 radical (unpaired) electrons. The quantitative estimate of drug-likeness (QED) is 0.378. The second-order valence-electron chi connectivity index (χ2n) is 6.30. The van der Waals surface area contributed by atoms with Gasteiger partial charge in [-0.25, -0.2) is 13.6 Å². The van der Waals surface area contributed by atoms with Gasteiger partial charge in [0.15, 0.2) is 11.2 Å². The fourth-order valence-electron chi connectivity index (χ4n) is 2.84. The largest absolute Gasteiger partial charge is 0.354 e. The van der Waals surface area contributed by atoms with Crippen LogP contribution >= 0.6 is 0 Å². The van der Waals surface area contributed by atoms with Gasteiger partial charge in [0.25, 0.3) is 5.56 Å². The predicted molar refractivity (Wildman–Crippen MR) is 115 cm³/mol. The first-order valence-electron chi connectivity index (χ1n) is 8.97. The first-order chi connectivity index (χ1) is 14.3. The molecule has 12 heteroatoms. The van der Waals surface area contributed by atoms with Gasteiger partial charge < -0.3 is 16.4 Å². The molecule has 3 aromatic rings. The van der Waals surface area contributed by atoms with Gasteiger partial charge in [0.05, 0.1) is 12.2 Å². The maximum Gasteiger partial charge on any atom is 0.281 e. The lowest BCUT2D eigenvalue weighted by Crippen LogP contribution is -2.24. The number of sulfonamides is 1. The smallest absolute Gasteiger partial charge is 0.281 e. The van der Waals surface area contributed by atoms with Gasteiger partial charge in [-0.2, -0.15) is 9.97 Å². The molecule has 0 bridgehead atoms. The van der Waals surface area contributed by atoms with E-state index in [1.54, 1.807) is 23.6 Å². The number of hydrogen-bond acceptors (Lipinski definition) is 8. The zero-order chi connectivity index (χ0) is 21.9. The number of benzene rings is 1. The Bertz CT molecular complexity index is 1310. The molecule has 0 spiro atoms. The number of nitrogens with zero attached hydrogens (tertiary/aromatic N) is 4. The van der Waals surface area contributed by atoms with Crippen LogP contribution in [0.25, 0.3) is 11.2 Å². The van der Waals surface area contributed by atoms with Gasteiger partial charge in [-0.15, -0.1) is 5.92 Å². The topological polar surface area (TPSA) is 163 Å². The van der Waals surface area contributed by atoms with Crippen molar-refractivity contribution in [1.29, 1.82) is 0 Å². The van der Waals surface area contributed by atoms with E-state index >= 15 is 0 Å². The molecule has 0 unspecified atom stereocenters. The maximum absolute atomic E-state index is 13.1. The lowest BCUT2D eigenvalue weighted by molar-refractivity contribution is 0.598. The van der Waals surface area contributed by atoms with Crippen molar-refractivity contribution in [2.75, 3.05) is 23.7 Å². The van der Waals surface area contributed by atoms with E-state index in [-0.39, 0.29) is 39.8 Å². The summed E-state index contributed by atoms with van der Waals surface area (Å²) in [5, 5.41) is 11.2. The van der Waals surface area contributed by atoms with Crippen LogP contribution in [0.15, 0.2) is 34.0 Å². The monoisotopic (exact) mass is 430 g/mol. The first-order valence-corrected chi connectivity index (χ1v) is 10.5. The zero-order valence-corrected chi connectivity index (χ0v) is 17.3. The number of nitrogens with two attached hydrogens (primary N) is 2. The minimum atomic E-state index is -3.98.